The molecule has 4 heteroatoms. The van der Waals surface area contributed by atoms with Crippen LogP contribution in [0.4, 0.5) is 0 Å². The number of halogens is 2. The Bertz CT molecular complexity index is 585. The molecule has 1 aromatic heterocycles. The van der Waals surface area contributed by atoms with E-state index in [1.807, 2.05) is 12.1 Å². The smallest absolute Gasteiger partial charge is 0.124 e. The first-order valence-corrected chi connectivity index (χ1v) is 7.24. The van der Waals surface area contributed by atoms with Crippen LogP contribution in [0.2, 0.25) is 5.02 Å². The fraction of sp³-hybridized carbons (Fsp3) is 0.500. The lowest BCUT2D eigenvalue weighted by Crippen LogP contribution is -2.31. The molecule has 1 saturated carbocycles. The number of alkyl halides is 1. The van der Waals surface area contributed by atoms with Gasteiger partial charge in [0.15, 0.2) is 0 Å². The number of benzene rings is 1. The molecule has 1 heterocycles. The Morgan fingerprint density at radius 1 is 1.39 bits per heavy atom. The van der Waals surface area contributed by atoms with Gasteiger partial charge in [0, 0.05) is 6.54 Å². The van der Waals surface area contributed by atoms with Gasteiger partial charge in [0.25, 0.3) is 0 Å². The number of imidazole rings is 1. The largest absolute Gasteiger partial charge is 0.326 e. The monoisotopic (exact) mass is 282 g/mol. The van der Waals surface area contributed by atoms with Gasteiger partial charge in [-0.3, -0.25) is 0 Å². The first kappa shape index (κ1) is 12.3. The summed E-state index contributed by atoms with van der Waals surface area (Å²) in [6.07, 6.45) is 3.91. The summed E-state index contributed by atoms with van der Waals surface area (Å²) in [7, 11) is 0. The van der Waals surface area contributed by atoms with Gasteiger partial charge < -0.3 is 4.57 Å². The first-order chi connectivity index (χ1) is 8.63. The zero-order chi connectivity index (χ0) is 12.8. The minimum absolute atomic E-state index is 0.400. The Morgan fingerprint density at radius 3 is 2.78 bits per heavy atom. The fourth-order valence-electron chi connectivity index (χ4n) is 2.76. The molecule has 1 aliphatic carbocycles. The van der Waals surface area contributed by atoms with Gasteiger partial charge in [-0.05, 0) is 30.4 Å². The van der Waals surface area contributed by atoms with Gasteiger partial charge in [0.05, 0.1) is 16.4 Å². The van der Waals surface area contributed by atoms with Crippen LogP contribution >= 0.6 is 23.2 Å². The minimum atomic E-state index is 0.400. The zero-order valence-corrected chi connectivity index (χ0v) is 11.9. The number of aromatic nitrogens is 2. The summed E-state index contributed by atoms with van der Waals surface area (Å²) in [6, 6.07) is 5.93. The van der Waals surface area contributed by atoms with Crippen molar-refractivity contribution in [3.05, 3.63) is 29.0 Å². The Kier molecular flexibility index (Phi) is 3.03. The molecule has 1 aliphatic rings. The number of rotatable bonds is 3. The van der Waals surface area contributed by atoms with Gasteiger partial charge in [-0.25, -0.2) is 4.98 Å². The van der Waals surface area contributed by atoms with E-state index in [4.69, 9.17) is 23.2 Å². The third kappa shape index (κ3) is 1.92. The first-order valence-electron chi connectivity index (χ1n) is 6.33. The van der Waals surface area contributed by atoms with E-state index in [9.17, 15) is 0 Å². The molecule has 0 aliphatic heterocycles. The maximum atomic E-state index is 6.20. The van der Waals surface area contributed by atoms with Crippen LogP contribution in [0, 0.1) is 5.41 Å². The molecule has 2 nitrogen and oxygen atoms in total. The molecule has 2 aromatic rings. The number of nitrogens with zero attached hydrogens (tertiary/aromatic N) is 2. The van der Waals surface area contributed by atoms with Gasteiger partial charge in [0.2, 0.25) is 0 Å². The second kappa shape index (κ2) is 4.43. The summed E-state index contributed by atoms with van der Waals surface area (Å²) < 4.78 is 2.24. The van der Waals surface area contributed by atoms with E-state index in [-0.39, 0.29) is 0 Å². The molecule has 0 N–H and O–H groups in total. The van der Waals surface area contributed by atoms with Crippen LogP contribution < -0.4 is 0 Å². The van der Waals surface area contributed by atoms with Crippen LogP contribution in [-0.2, 0) is 12.4 Å². The molecule has 96 valence electrons. The minimum Gasteiger partial charge on any atom is -0.326 e. The van der Waals surface area contributed by atoms with Gasteiger partial charge >= 0.3 is 0 Å². The molecule has 0 unspecified atom stereocenters. The Labute approximate surface area is 117 Å². The maximum absolute atomic E-state index is 6.20. The molecule has 0 amide bonds. The average molecular weight is 283 g/mol. The fourth-order valence-corrected chi connectivity index (χ4v) is 3.18. The highest BCUT2D eigenvalue weighted by Gasteiger charge is 2.33. The van der Waals surface area contributed by atoms with Crippen molar-refractivity contribution in [2.75, 3.05) is 0 Å². The quantitative estimate of drug-likeness (QED) is 0.752. The van der Waals surface area contributed by atoms with E-state index in [0.29, 0.717) is 16.3 Å². The second-order valence-corrected chi connectivity index (χ2v) is 6.19. The van der Waals surface area contributed by atoms with Crippen molar-refractivity contribution in [2.45, 2.75) is 38.6 Å². The summed E-state index contributed by atoms with van der Waals surface area (Å²) in [6.45, 7) is 3.33. The van der Waals surface area contributed by atoms with Crippen LogP contribution in [0.15, 0.2) is 18.2 Å². The number of hydrogen-bond donors (Lipinski definition) is 0. The molecule has 0 spiro atoms. The third-order valence-corrected chi connectivity index (χ3v) is 4.57. The highest BCUT2D eigenvalue weighted by atomic mass is 35.5. The van der Waals surface area contributed by atoms with E-state index in [1.165, 1.54) is 19.3 Å². The molecular weight excluding hydrogens is 267 g/mol. The van der Waals surface area contributed by atoms with E-state index >= 15 is 0 Å². The van der Waals surface area contributed by atoms with E-state index in [0.717, 1.165) is 23.4 Å². The summed E-state index contributed by atoms with van der Waals surface area (Å²) in [5.41, 5.74) is 2.38. The SMILES string of the molecule is CC1(Cn2c(CCl)nc3c(Cl)cccc32)CCC1. The molecule has 0 bridgehead atoms. The predicted octanol–water partition coefficient (Wildman–Crippen LogP) is 4.62. The predicted molar refractivity (Wildman–Crippen MR) is 76.3 cm³/mol. The number of fused-ring (bicyclic) bond motifs is 1. The average Bonchev–Trinajstić information content (AvgIpc) is 2.67. The van der Waals surface area contributed by atoms with Crippen molar-refractivity contribution in [3.8, 4) is 0 Å². The topological polar surface area (TPSA) is 17.8 Å². The van der Waals surface area contributed by atoms with Crippen molar-refractivity contribution < 1.29 is 0 Å². The Hall–Kier alpha value is -0.730. The molecule has 0 radical (unpaired) electrons. The number of hydrogen-bond acceptors (Lipinski definition) is 1. The van der Waals surface area contributed by atoms with Gasteiger partial charge in [0.1, 0.15) is 11.3 Å². The summed E-state index contributed by atoms with van der Waals surface area (Å²) in [5, 5.41) is 0.705. The van der Waals surface area contributed by atoms with E-state index in [2.05, 4.69) is 22.5 Å². The lowest BCUT2D eigenvalue weighted by Gasteiger charge is -2.39. The highest BCUT2D eigenvalue weighted by molar-refractivity contribution is 6.35. The van der Waals surface area contributed by atoms with Crippen molar-refractivity contribution in [2.24, 2.45) is 5.41 Å². The third-order valence-electron chi connectivity index (χ3n) is 4.03. The Balaban J connectivity index is 2.11. The molecule has 1 fully saturated rings. The molecule has 3 rings (SSSR count). The van der Waals surface area contributed by atoms with Crippen LogP contribution in [0.1, 0.15) is 32.0 Å². The molecule has 0 saturated heterocycles. The number of para-hydroxylation sites is 1. The van der Waals surface area contributed by atoms with Crippen molar-refractivity contribution >= 4 is 34.2 Å². The highest BCUT2D eigenvalue weighted by Crippen LogP contribution is 2.42. The lowest BCUT2D eigenvalue weighted by molar-refractivity contribution is 0.133. The molecule has 1 aromatic carbocycles. The summed E-state index contributed by atoms with van der Waals surface area (Å²) >= 11 is 12.2. The van der Waals surface area contributed by atoms with Crippen molar-refractivity contribution in [1.29, 1.82) is 0 Å². The molecule has 18 heavy (non-hydrogen) atoms. The summed E-state index contributed by atoms with van der Waals surface area (Å²) in [5.74, 6) is 1.36. The zero-order valence-electron chi connectivity index (χ0n) is 10.4. The van der Waals surface area contributed by atoms with Gasteiger partial charge in [-0.2, -0.15) is 0 Å². The van der Waals surface area contributed by atoms with Crippen molar-refractivity contribution in [1.82, 2.24) is 9.55 Å². The maximum Gasteiger partial charge on any atom is 0.124 e. The van der Waals surface area contributed by atoms with Gasteiger partial charge in [-0.15, -0.1) is 11.6 Å². The standard InChI is InChI=1S/C14H16Cl2N2/c1-14(6-3-7-14)9-18-11-5-2-4-10(16)13(11)17-12(18)8-15/h2,4-5H,3,6-9H2,1H3. The van der Waals surface area contributed by atoms with Crippen LogP contribution in [0.25, 0.3) is 11.0 Å². The lowest BCUT2D eigenvalue weighted by atomic mass is 9.70. The molecular formula is C14H16Cl2N2. The van der Waals surface area contributed by atoms with Crippen LogP contribution in [-0.4, -0.2) is 9.55 Å². The van der Waals surface area contributed by atoms with E-state index < -0.39 is 0 Å². The van der Waals surface area contributed by atoms with Crippen molar-refractivity contribution in [3.63, 3.8) is 0 Å². The van der Waals surface area contributed by atoms with E-state index in [1.54, 1.807) is 0 Å². The summed E-state index contributed by atoms with van der Waals surface area (Å²) in [4.78, 5) is 4.57. The van der Waals surface area contributed by atoms with Gasteiger partial charge in [-0.1, -0.05) is 31.0 Å². The second-order valence-electron chi connectivity index (χ2n) is 5.52. The van der Waals surface area contributed by atoms with Crippen LogP contribution in [0.3, 0.4) is 0 Å². The molecule has 0 atom stereocenters. The normalized spacial score (nSPS) is 17.9. The van der Waals surface area contributed by atoms with Crippen LogP contribution in [0.5, 0.6) is 0 Å². The Morgan fingerprint density at radius 2 is 2.17 bits per heavy atom.